The van der Waals surface area contributed by atoms with Gasteiger partial charge in [0.1, 0.15) is 0 Å². The molecule has 0 saturated heterocycles. The zero-order chi connectivity index (χ0) is 13.3. The quantitative estimate of drug-likeness (QED) is 0.640. The summed E-state index contributed by atoms with van der Waals surface area (Å²) >= 11 is 0. The van der Waals surface area contributed by atoms with E-state index >= 15 is 0 Å². The number of hydrogen-bond donors (Lipinski definition) is 1. The van der Waals surface area contributed by atoms with Crippen LogP contribution in [0.25, 0.3) is 10.8 Å². The number of nitrogens with zero attached hydrogens (tertiary/aromatic N) is 1. The van der Waals surface area contributed by atoms with Gasteiger partial charge in [0.2, 0.25) is 0 Å². The zero-order valence-electron chi connectivity index (χ0n) is 10.1. The fourth-order valence-electron chi connectivity index (χ4n) is 1.96. The summed E-state index contributed by atoms with van der Waals surface area (Å²) in [6, 6.07) is 6.86. The third-order valence-corrected chi connectivity index (χ3v) is 2.98. The molecule has 0 atom stereocenters. The molecule has 2 aromatic rings. The SMILES string of the molecule is COC(=O)Cc1c(C)n(O)c(=O)c2ccccc12. The first-order chi connectivity index (χ1) is 8.56. The first-order valence-corrected chi connectivity index (χ1v) is 5.45. The number of esters is 1. The molecule has 2 rings (SSSR count). The van der Waals surface area contributed by atoms with E-state index in [4.69, 9.17) is 0 Å². The summed E-state index contributed by atoms with van der Waals surface area (Å²) in [5, 5.41) is 10.8. The number of hydrogen-bond acceptors (Lipinski definition) is 4. The van der Waals surface area contributed by atoms with Crippen LogP contribution in [0.4, 0.5) is 0 Å². The Balaban J connectivity index is 2.79. The van der Waals surface area contributed by atoms with Gasteiger partial charge in [0.05, 0.1) is 24.6 Å². The minimum Gasteiger partial charge on any atom is -0.469 e. The van der Waals surface area contributed by atoms with Crippen molar-refractivity contribution in [2.45, 2.75) is 13.3 Å². The summed E-state index contributed by atoms with van der Waals surface area (Å²) in [5.41, 5.74) is 0.459. The number of carbonyl (C=O) groups excluding carboxylic acids is 1. The van der Waals surface area contributed by atoms with E-state index in [2.05, 4.69) is 4.74 Å². The topological polar surface area (TPSA) is 68.5 Å². The van der Waals surface area contributed by atoms with E-state index in [0.717, 1.165) is 0 Å². The molecule has 0 aliphatic carbocycles. The molecule has 1 aromatic heterocycles. The number of pyridine rings is 1. The normalized spacial score (nSPS) is 10.6. The van der Waals surface area contributed by atoms with E-state index in [0.29, 0.717) is 26.8 Å². The molecule has 0 saturated carbocycles. The average molecular weight is 247 g/mol. The molecule has 18 heavy (non-hydrogen) atoms. The Bertz CT molecular complexity index is 672. The lowest BCUT2D eigenvalue weighted by molar-refractivity contribution is -0.139. The summed E-state index contributed by atoms with van der Waals surface area (Å²) in [5.74, 6) is -0.415. The highest BCUT2D eigenvalue weighted by atomic mass is 16.5. The van der Waals surface area contributed by atoms with E-state index < -0.39 is 11.5 Å². The predicted molar refractivity (Wildman–Crippen MR) is 65.8 cm³/mol. The molecule has 0 radical (unpaired) electrons. The molecule has 5 nitrogen and oxygen atoms in total. The molecule has 0 fully saturated rings. The van der Waals surface area contributed by atoms with E-state index in [9.17, 15) is 14.8 Å². The molecule has 1 N–H and O–H groups in total. The van der Waals surface area contributed by atoms with Gasteiger partial charge >= 0.3 is 5.97 Å². The van der Waals surface area contributed by atoms with E-state index in [1.165, 1.54) is 7.11 Å². The standard InChI is InChI=1S/C13H13NO4/c1-8-11(7-12(15)18-2)9-5-3-4-6-10(9)13(16)14(8)17/h3-6,17H,7H2,1-2H3. The Hall–Kier alpha value is -2.30. The van der Waals surface area contributed by atoms with Gasteiger partial charge in [-0.25, -0.2) is 0 Å². The van der Waals surface area contributed by atoms with Crippen molar-refractivity contribution in [3.8, 4) is 0 Å². The summed E-state index contributed by atoms with van der Waals surface area (Å²) < 4.78 is 5.19. The Morgan fingerprint density at radius 1 is 1.33 bits per heavy atom. The van der Waals surface area contributed by atoms with E-state index in [1.807, 2.05) is 0 Å². The van der Waals surface area contributed by atoms with Crippen LogP contribution in [0.15, 0.2) is 29.1 Å². The van der Waals surface area contributed by atoms with Gasteiger partial charge in [0.25, 0.3) is 5.56 Å². The lowest BCUT2D eigenvalue weighted by atomic mass is 10.0. The second-order valence-corrected chi connectivity index (χ2v) is 3.98. The molecule has 1 heterocycles. The van der Waals surface area contributed by atoms with Crippen molar-refractivity contribution in [1.29, 1.82) is 0 Å². The zero-order valence-corrected chi connectivity index (χ0v) is 10.1. The fourth-order valence-corrected chi connectivity index (χ4v) is 1.96. The molecule has 94 valence electrons. The molecule has 5 heteroatoms. The van der Waals surface area contributed by atoms with Crippen LogP contribution in [0, 0.1) is 6.92 Å². The summed E-state index contributed by atoms with van der Waals surface area (Å²) in [7, 11) is 1.30. The summed E-state index contributed by atoms with van der Waals surface area (Å²) in [6.45, 7) is 1.59. The van der Waals surface area contributed by atoms with Gasteiger partial charge in [0.15, 0.2) is 0 Å². The highest BCUT2D eigenvalue weighted by Gasteiger charge is 2.15. The number of carbonyl (C=O) groups is 1. The second kappa shape index (κ2) is 4.52. The van der Waals surface area contributed by atoms with Crippen molar-refractivity contribution in [2.24, 2.45) is 0 Å². The second-order valence-electron chi connectivity index (χ2n) is 3.98. The number of benzene rings is 1. The van der Waals surface area contributed by atoms with Gasteiger partial charge in [-0.2, -0.15) is 4.73 Å². The third-order valence-electron chi connectivity index (χ3n) is 2.98. The fraction of sp³-hybridized carbons (Fsp3) is 0.231. The molecule has 0 bridgehead atoms. The van der Waals surface area contributed by atoms with Crippen LogP contribution >= 0.6 is 0 Å². The molecular weight excluding hydrogens is 234 g/mol. The highest BCUT2D eigenvalue weighted by molar-refractivity contribution is 5.89. The van der Waals surface area contributed by atoms with Crippen molar-refractivity contribution in [2.75, 3.05) is 7.11 Å². The Kier molecular flexibility index (Phi) is 3.06. The lowest BCUT2D eigenvalue weighted by Crippen LogP contribution is -2.23. The van der Waals surface area contributed by atoms with Gasteiger partial charge in [-0.3, -0.25) is 9.59 Å². The first kappa shape index (κ1) is 12.2. The molecule has 1 aromatic carbocycles. The Labute approximate surface area is 103 Å². The number of rotatable bonds is 2. The van der Waals surface area contributed by atoms with Crippen LogP contribution in [0.1, 0.15) is 11.3 Å². The smallest absolute Gasteiger partial charge is 0.310 e. The highest BCUT2D eigenvalue weighted by Crippen LogP contribution is 2.19. The van der Waals surface area contributed by atoms with Crippen molar-refractivity contribution < 1.29 is 14.7 Å². The van der Waals surface area contributed by atoms with Gasteiger partial charge in [-0.15, -0.1) is 0 Å². The van der Waals surface area contributed by atoms with Gasteiger partial charge in [0, 0.05) is 0 Å². The average Bonchev–Trinajstić information content (AvgIpc) is 2.40. The van der Waals surface area contributed by atoms with Crippen LogP contribution < -0.4 is 5.56 Å². The van der Waals surface area contributed by atoms with Crippen LogP contribution in [0.5, 0.6) is 0 Å². The largest absolute Gasteiger partial charge is 0.469 e. The van der Waals surface area contributed by atoms with Gasteiger partial charge < -0.3 is 9.94 Å². The molecule has 0 aliphatic rings. The van der Waals surface area contributed by atoms with Crippen LogP contribution in [-0.4, -0.2) is 23.0 Å². The van der Waals surface area contributed by atoms with E-state index in [-0.39, 0.29) is 6.42 Å². The lowest BCUT2D eigenvalue weighted by Gasteiger charge is -2.11. The maximum absolute atomic E-state index is 11.9. The third kappa shape index (κ3) is 1.84. The summed E-state index contributed by atoms with van der Waals surface area (Å²) in [4.78, 5) is 23.2. The van der Waals surface area contributed by atoms with E-state index in [1.54, 1.807) is 31.2 Å². The molecular formula is C13H13NO4. The number of aromatic nitrogens is 1. The Morgan fingerprint density at radius 3 is 2.56 bits per heavy atom. The number of fused-ring (bicyclic) bond motifs is 1. The van der Waals surface area contributed by atoms with Crippen LogP contribution in [-0.2, 0) is 16.0 Å². The first-order valence-electron chi connectivity index (χ1n) is 5.45. The minimum atomic E-state index is -0.489. The van der Waals surface area contributed by atoms with Gasteiger partial charge in [-0.05, 0) is 23.9 Å². The van der Waals surface area contributed by atoms with Gasteiger partial charge in [-0.1, -0.05) is 18.2 Å². The van der Waals surface area contributed by atoms with Crippen LogP contribution in [0.3, 0.4) is 0 Å². The van der Waals surface area contributed by atoms with Crippen molar-refractivity contribution >= 4 is 16.7 Å². The number of ether oxygens (including phenoxy) is 1. The molecule has 0 unspecified atom stereocenters. The molecule has 0 aliphatic heterocycles. The molecule has 0 amide bonds. The maximum atomic E-state index is 11.9. The maximum Gasteiger partial charge on any atom is 0.310 e. The summed E-state index contributed by atoms with van der Waals surface area (Å²) in [6.07, 6.45) is 0.0175. The van der Waals surface area contributed by atoms with Crippen molar-refractivity contribution in [1.82, 2.24) is 4.73 Å². The number of methoxy groups -OCH3 is 1. The van der Waals surface area contributed by atoms with Crippen molar-refractivity contribution in [3.05, 3.63) is 45.9 Å². The van der Waals surface area contributed by atoms with Crippen molar-refractivity contribution in [3.63, 3.8) is 0 Å². The predicted octanol–water partition coefficient (Wildman–Crippen LogP) is 1.26. The monoisotopic (exact) mass is 247 g/mol. The molecule has 0 spiro atoms. The minimum absolute atomic E-state index is 0.0175. The van der Waals surface area contributed by atoms with Crippen LogP contribution in [0.2, 0.25) is 0 Å². The Morgan fingerprint density at radius 2 is 1.94 bits per heavy atom.